The maximum Gasteiger partial charge on any atom is 0.263 e. The molecule has 1 aliphatic heterocycles. The van der Waals surface area contributed by atoms with E-state index < -0.39 is 0 Å². The summed E-state index contributed by atoms with van der Waals surface area (Å²) in [7, 11) is 0. The maximum atomic E-state index is 12.6. The molecule has 0 radical (unpaired) electrons. The van der Waals surface area contributed by atoms with Gasteiger partial charge in [0.25, 0.3) is 5.91 Å². The van der Waals surface area contributed by atoms with Crippen LogP contribution in [0, 0.1) is 6.92 Å². The van der Waals surface area contributed by atoms with Gasteiger partial charge in [-0.25, -0.2) is 4.98 Å². The van der Waals surface area contributed by atoms with E-state index in [0.29, 0.717) is 33.5 Å². The number of amides is 1. The third-order valence-electron chi connectivity index (χ3n) is 4.67. The summed E-state index contributed by atoms with van der Waals surface area (Å²) < 4.78 is 6.22. The molecule has 0 atom stereocenters. The molecule has 30 heavy (non-hydrogen) atoms. The number of rotatable bonds is 6. The van der Waals surface area contributed by atoms with Crippen LogP contribution < -0.4 is 5.32 Å². The van der Waals surface area contributed by atoms with E-state index in [9.17, 15) is 9.59 Å². The van der Waals surface area contributed by atoms with Crippen molar-refractivity contribution >= 4 is 46.1 Å². The molecule has 0 bridgehead atoms. The van der Waals surface area contributed by atoms with E-state index in [1.807, 2.05) is 49.4 Å². The number of Topliss-reactive ketones (excluding diaryl/α,β-unsaturated/α-hetero) is 1. The van der Waals surface area contributed by atoms with Crippen molar-refractivity contribution in [1.82, 2.24) is 10.3 Å². The van der Waals surface area contributed by atoms with E-state index in [0.717, 1.165) is 22.6 Å². The summed E-state index contributed by atoms with van der Waals surface area (Å²) in [5.74, 6) is 1.14. The number of nitrogens with one attached hydrogen (secondary N) is 1. The normalized spacial score (nSPS) is 14.9. The molecule has 2 aromatic carbocycles. The minimum atomic E-state index is -0.192. The van der Waals surface area contributed by atoms with Crippen LogP contribution in [0.4, 0.5) is 0 Å². The number of thioether (sulfide) groups is 1. The zero-order valence-corrected chi connectivity index (χ0v) is 17.8. The molecule has 1 fully saturated rings. The number of oxazole rings is 1. The molecule has 1 amide bonds. The zero-order valence-electron chi connectivity index (χ0n) is 16.2. The number of thiocarbonyl (C=S) groups is 1. The first-order valence-electron chi connectivity index (χ1n) is 9.39. The number of carbonyl (C=O) groups is 2. The molecule has 1 saturated heterocycles. The van der Waals surface area contributed by atoms with Gasteiger partial charge in [0.1, 0.15) is 10.1 Å². The van der Waals surface area contributed by atoms with Crippen molar-refractivity contribution in [3.8, 4) is 11.5 Å². The Kier molecular flexibility index (Phi) is 5.92. The number of aromatic nitrogens is 1. The second-order valence-corrected chi connectivity index (χ2v) is 8.50. The Bertz CT molecular complexity index is 1150. The SMILES string of the molecule is Cc1oc(-c2ccccc2)nc1CCC(=O)c1ccc(/C=C2\SC(=S)NC2=O)cc1. The van der Waals surface area contributed by atoms with Crippen LogP contribution in [-0.2, 0) is 11.2 Å². The van der Waals surface area contributed by atoms with Crippen molar-refractivity contribution in [2.75, 3.05) is 0 Å². The molecular weight excluding hydrogens is 416 g/mol. The monoisotopic (exact) mass is 434 g/mol. The van der Waals surface area contributed by atoms with E-state index in [2.05, 4.69) is 10.3 Å². The molecule has 5 nitrogen and oxygen atoms in total. The van der Waals surface area contributed by atoms with Gasteiger partial charge in [0.2, 0.25) is 5.89 Å². The van der Waals surface area contributed by atoms with Gasteiger partial charge in [0.05, 0.1) is 10.6 Å². The second kappa shape index (κ2) is 8.77. The molecule has 0 aliphatic carbocycles. The first kappa shape index (κ1) is 20.3. The minimum Gasteiger partial charge on any atom is -0.441 e. The largest absolute Gasteiger partial charge is 0.441 e. The number of hydrogen-bond donors (Lipinski definition) is 1. The highest BCUT2D eigenvalue weighted by atomic mass is 32.2. The van der Waals surface area contributed by atoms with Crippen molar-refractivity contribution in [3.05, 3.63) is 82.1 Å². The van der Waals surface area contributed by atoms with Gasteiger partial charge in [-0.05, 0) is 30.7 Å². The Morgan fingerprint density at radius 2 is 1.90 bits per heavy atom. The van der Waals surface area contributed by atoms with Gasteiger partial charge in [-0.15, -0.1) is 0 Å². The summed E-state index contributed by atoms with van der Waals surface area (Å²) in [5, 5.41) is 2.59. The number of ketones is 1. The van der Waals surface area contributed by atoms with Crippen LogP contribution in [0.1, 0.15) is 33.8 Å². The summed E-state index contributed by atoms with van der Waals surface area (Å²) in [6.45, 7) is 1.87. The lowest BCUT2D eigenvalue weighted by molar-refractivity contribution is -0.115. The third kappa shape index (κ3) is 4.58. The molecule has 2 heterocycles. The van der Waals surface area contributed by atoms with Gasteiger partial charge >= 0.3 is 0 Å². The van der Waals surface area contributed by atoms with Gasteiger partial charge in [-0.1, -0.05) is 66.4 Å². The molecule has 1 aliphatic rings. The Hall–Kier alpha value is -3.03. The molecule has 0 saturated carbocycles. The van der Waals surface area contributed by atoms with Gasteiger partial charge in [-0.3, -0.25) is 9.59 Å². The highest BCUT2D eigenvalue weighted by Crippen LogP contribution is 2.26. The fourth-order valence-corrected chi connectivity index (χ4v) is 4.12. The van der Waals surface area contributed by atoms with E-state index in [4.69, 9.17) is 16.6 Å². The molecule has 0 unspecified atom stereocenters. The van der Waals surface area contributed by atoms with Crippen LogP contribution in [0.25, 0.3) is 17.5 Å². The molecular formula is C23H18N2O3S2. The molecule has 0 spiro atoms. The van der Waals surface area contributed by atoms with E-state index in [1.165, 1.54) is 11.8 Å². The Balaban J connectivity index is 1.40. The Morgan fingerprint density at radius 3 is 2.57 bits per heavy atom. The Morgan fingerprint density at radius 1 is 1.17 bits per heavy atom. The third-order valence-corrected chi connectivity index (χ3v) is 5.84. The molecule has 1 N–H and O–H groups in total. The average Bonchev–Trinajstić information content (AvgIpc) is 3.28. The van der Waals surface area contributed by atoms with Crippen molar-refractivity contribution < 1.29 is 14.0 Å². The fraction of sp³-hybridized carbons (Fsp3) is 0.130. The van der Waals surface area contributed by atoms with E-state index in [-0.39, 0.29) is 11.7 Å². The standard InChI is InChI=1S/C23H18N2O3S2/c1-14-18(24-22(28-14)17-5-3-2-4-6-17)11-12-19(26)16-9-7-15(8-10-16)13-20-21(27)25-23(29)30-20/h2-10,13H,11-12H2,1H3,(H,25,27,29)/b20-13-. The average molecular weight is 435 g/mol. The summed E-state index contributed by atoms with van der Waals surface area (Å²) in [5.41, 5.74) is 3.18. The van der Waals surface area contributed by atoms with Crippen LogP contribution in [0.3, 0.4) is 0 Å². The lowest BCUT2D eigenvalue weighted by Crippen LogP contribution is -2.17. The Labute approximate surface area is 183 Å². The first-order chi connectivity index (χ1) is 14.5. The topological polar surface area (TPSA) is 72.2 Å². The van der Waals surface area contributed by atoms with Crippen LogP contribution in [-0.4, -0.2) is 21.0 Å². The smallest absolute Gasteiger partial charge is 0.263 e. The van der Waals surface area contributed by atoms with Crippen LogP contribution in [0.5, 0.6) is 0 Å². The highest BCUT2D eigenvalue weighted by Gasteiger charge is 2.22. The van der Waals surface area contributed by atoms with Crippen LogP contribution in [0.2, 0.25) is 0 Å². The van der Waals surface area contributed by atoms with Crippen molar-refractivity contribution in [3.63, 3.8) is 0 Å². The molecule has 7 heteroatoms. The van der Waals surface area contributed by atoms with Crippen molar-refractivity contribution in [1.29, 1.82) is 0 Å². The van der Waals surface area contributed by atoms with Crippen LogP contribution >= 0.6 is 24.0 Å². The van der Waals surface area contributed by atoms with Gasteiger partial charge in [-0.2, -0.15) is 0 Å². The van der Waals surface area contributed by atoms with E-state index in [1.54, 1.807) is 18.2 Å². The predicted octanol–water partition coefficient (Wildman–Crippen LogP) is 4.95. The number of aryl methyl sites for hydroxylation is 2. The first-order valence-corrected chi connectivity index (χ1v) is 10.6. The van der Waals surface area contributed by atoms with E-state index >= 15 is 0 Å². The molecule has 3 aromatic rings. The highest BCUT2D eigenvalue weighted by molar-refractivity contribution is 8.26. The zero-order chi connectivity index (χ0) is 21.1. The number of benzene rings is 2. The molecule has 150 valence electrons. The minimum absolute atomic E-state index is 0.0343. The van der Waals surface area contributed by atoms with Gasteiger partial charge in [0, 0.05) is 24.0 Å². The van der Waals surface area contributed by atoms with Crippen molar-refractivity contribution in [2.45, 2.75) is 19.8 Å². The van der Waals surface area contributed by atoms with Crippen molar-refractivity contribution in [2.24, 2.45) is 0 Å². The number of carbonyl (C=O) groups excluding carboxylic acids is 2. The van der Waals surface area contributed by atoms with Gasteiger partial charge in [0.15, 0.2) is 5.78 Å². The summed E-state index contributed by atoms with van der Waals surface area (Å²) in [4.78, 5) is 29.5. The fourth-order valence-electron chi connectivity index (χ4n) is 3.08. The van der Waals surface area contributed by atoms with Gasteiger partial charge < -0.3 is 9.73 Å². The molecule has 4 rings (SSSR count). The molecule has 1 aromatic heterocycles. The lowest BCUT2D eigenvalue weighted by Gasteiger charge is -2.02. The quantitative estimate of drug-likeness (QED) is 0.336. The second-order valence-electron chi connectivity index (χ2n) is 6.79. The summed E-state index contributed by atoms with van der Waals surface area (Å²) in [6.07, 6.45) is 2.62. The number of nitrogens with zero attached hydrogens (tertiary/aromatic N) is 1. The van der Waals surface area contributed by atoms with Crippen LogP contribution in [0.15, 0.2) is 63.9 Å². The maximum absolute atomic E-state index is 12.6. The lowest BCUT2D eigenvalue weighted by atomic mass is 10.0. The predicted molar refractivity (Wildman–Crippen MR) is 122 cm³/mol. The summed E-state index contributed by atoms with van der Waals surface area (Å²) in [6, 6.07) is 16.9. The number of hydrogen-bond acceptors (Lipinski definition) is 6. The summed E-state index contributed by atoms with van der Waals surface area (Å²) >= 11 is 6.22.